The van der Waals surface area contributed by atoms with Crippen molar-refractivity contribution in [2.75, 3.05) is 6.61 Å². The lowest BCUT2D eigenvalue weighted by Crippen LogP contribution is -2.31. The second kappa shape index (κ2) is 9.71. The van der Waals surface area contributed by atoms with E-state index in [0.717, 1.165) is 5.56 Å². The Morgan fingerprint density at radius 1 is 0.966 bits per heavy atom. The molecule has 2 N–H and O–H groups in total. The van der Waals surface area contributed by atoms with Crippen molar-refractivity contribution < 1.29 is 19.1 Å². The predicted octanol–water partition coefficient (Wildman–Crippen LogP) is 3.96. The molecule has 3 rings (SSSR count). The van der Waals surface area contributed by atoms with E-state index in [-0.39, 0.29) is 18.8 Å². The number of Topliss-reactive ketones (excluding diaryl/α,β-unsaturated/α-hetero) is 1. The van der Waals surface area contributed by atoms with Crippen molar-refractivity contribution in [1.82, 2.24) is 10.3 Å². The lowest BCUT2D eigenvalue weighted by molar-refractivity contribution is -0.143. The summed E-state index contributed by atoms with van der Waals surface area (Å²) in [5.41, 5.74) is 1.41. The van der Waals surface area contributed by atoms with Gasteiger partial charge < -0.3 is 15.0 Å². The Balaban J connectivity index is 1.67. The quantitative estimate of drug-likeness (QED) is 0.434. The zero-order valence-electron chi connectivity index (χ0n) is 15.4. The van der Waals surface area contributed by atoms with Crippen molar-refractivity contribution >= 4 is 29.3 Å². The number of hydrogen-bond donors (Lipinski definition) is 2. The van der Waals surface area contributed by atoms with Crippen molar-refractivity contribution in [3.05, 3.63) is 94.8 Å². The average Bonchev–Trinajstić information content (AvgIpc) is 3.27. The average molecular weight is 411 g/mol. The standard InChI is InChI=1S/C22H19ClN2O4/c23-17-10-5-4-9-16(17)22(28)25-19(15-7-2-1-3-8-15)13-21(27)29-14-20(26)18-11-6-12-24-18/h1-12,19,24H,13-14H2,(H,25,28)/t19-/m0/s1. The van der Waals surface area contributed by atoms with E-state index in [1.54, 1.807) is 54.7 Å². The monoisotopic (exact) mass is 410 g/mol. The molecule has 0 unspecified atom stereocenters. The first-order valence-corrected chi connectivity index (χ1v) is 9.35. The molecule has 3 aromatic rings. The van der Waals surface area contributed by atoms with Crippen LogP contribution in [0, 0.1) is 0 Å². The molecule has 0 bridgehead atoms. The van der Waals surface area contributed by atoms with E-state index in [1.807, 2.05) is 18.2 Å². The van der Waals surface area contributed by atoms with Crippen LogP contribution >= 0.6 is 11.6 Å². The first-order valence-electron chi connectivity index (χ1n) is 8.97. The Morgan fingerprint density at radius 3 is 2.38 bits per heavy atom. The van der Waals surface area contributed by atoms with E-state index < -0.39 is 17.9 Å². The van der Waals surface area contributed by atoms with Gasteiger partial charge in [-0.3, -0.25) is 14.4 Å². The smallest absolute Gasteiger partial charge is 0.308 e. The maximum Gasteiger partial charge on any atom is 0.308 e. The maximum atomic E-state index is 12.6. The summed E-state index contributed by atoms with van der Waals surface area (Å²) in [7, 11) is 0. The van der Waals surface area contributed by atoms with Gasteiger partial charge in [-0.15, -0.1) is 0 Å². The minimum atomic E-state index is -0.631. The molecule has 0 saturated carbocycles. The first kappa shape index (κ1) is 20.4. The lowest BCUT2D eigenvalue weighted by atomic mass is 10.0. The number of ether oxygens (including phenoxy) is 1. The number of carbonyl (C=O) groups excluding carboxylic acids is 3. The number of benzene rings is 2. The molecule has 0 spiro atoms. The SMILES string of the molecule is O=C(C[C@H](NC(=O)c1ccccc1Cl)c1ccccc1)OCC(=O)c1ccc[nH]1. The van der Waals surface area contributed by atoms with Crippen LogP contribution < -0.4 is 5.32 Å². The summed E-state index contributed by atoms with van der Waals surface area (Å²) in [6, 6.07) is 18.4. The number of esters is 1. The zero-order chi connectivity index (χ0) is 20.6. The van der Waals surface area contributed by atoms with Crippen molar-refractivity contribution in [3.8, 4) is 0 Å². The van der Waals surface area contributed by atoms with Crippen LogP contribution in [-0.2, 0) is 9.53 Å². The second-order valence-corrected chi connectivity index (χ2v) is 6.70. The highest BCUT2D eigenvalue weighted by Gasteiger charge is 2.22. The highest BCUT2D eigenvalue weighted by molar-refractivity contribution is 6.33. The minimum Gasteiger partial charge on any atom is -0.457 e. The van der Waals surface area contributed by atoms with Gasteiger partial charge in [0.2, 0.25) is 5.78 Å². The van der Waals surface area contributed by atoms with E-state index in [0.29, 0.717) is 16.3 Å². The Kier molecular flexibility index (Phi) is 6.81. The molecule has 2 aromatic carbocycles. The number of aromatic amines is 1. The Morgan fingerprint density at radius 2 is 1.69 bits per heavy atom. The third-order valence-electron chi connectivity index (χ3n) is 4.26. The number of nitrogens with one attached hydrogen (secondary N) is 2. The molecule has 148 valence electrons. The van der Waals surface area contributed by atoms with Gasteiger partial charge in [-0.25, -0.2) is 0 Å². The summed E-state index contributed by atoms with van der Waals surface area (Å²) in [5, 5.41) is 3.14. The van der Waals surface area contributed by atoms with Crippen LogP contribution in [0.2, 0.25) is 5.02 Å². The second-order valence-electron chi connectivity index (χ2n) is 6.29. The van der Waals surface area contributed by atoms with Gasteiger partial charge in [0, 0.05) is 6.20 Å². The van der Waals surface area contributed by atoms with Crippen LogP contribution in [0.5, 0.6) is 0 Å². The highest BCUT2D eigenvalue weighted by Crippen LogP contribution is 2.20. The van der Waals surface area contributed by atoms with Crippen molar-refractivity contribution in [3.63, 3.8) is 0 Å². The summed E-state index contributed by atoms with van der Waals surface area (Å²) in [6.07, 6.45) is 1.49. The summed E-state index contributed by atoms with van der Waals surface area (Å²) in [6.45, 7) is -0.376. The van der Waals surface area contributed by atoms with Crippen molar-refractivity contribution in [2.45, 2.75) is 12.5 Å². The number of rotatable bonds is 8. The summed E-state index contributed by atoms with van der Waals surface area (Å²) < 4.78 is 5.10. The fourth-order valence-corrected chi connectivity index (χ4v) is 2.99. The minimum absolute atomic E-state index is 0.127. The number of hydrogen-bond acceptors (Lipinski definition) is 4. The Bertz CT molecular complexity index is 987. The van der Waals surface area contributed by atoms with E-state index in [2.05, 4.69) is 10.3 Å². The molecular weight excluding hydrogens is 392 g/mol. The van der Waals surface area contributed by atoms with Crippen LogP contribution in [0.25, 0.3) is 0 Å². The molecule has 6 nitrogen and oxygen atoms in total. The normalized spacial score (nSPS) is 11.5. The van der Waals surface area contributed by atoms with Crippen LogP contribution in [0.1, 0.15) is 38.9 Å². The molecule has 0 aliphatic rings. The number of carbonyl (C=O) groups is 3. The topological polar surface area (TPSA) is 88.3 Å². The van der Waals surface area contributed by atoms with Gasteiger partial charge in [-0.1, -0.05) is 54.1 Å². The summed E-state index contributed by atoms with van der Waals surface area (Å²) in [4.78, 5) is 39.7. The Hall–Kier alpha value is -3.38. The fourth-order valence-electron chi connectivity index (χ4n) is 2.77. The number of H-pyrrole nitrogens is 1. The van der Waals surface area contributed by atoms with Gasteiger partial charge in [-0.2, -0.15) is 0 Å². The molecule has 0 fully saturated rings. The van der Waals surface area contributed by atoms with E-state index in [9.17, 15) is 14.4 Å². The molecule has 1 atom stereocenters. The van der Waals surface area contributed by atoms with Gasteiger partial charge in [0.15, 0.2) is 6.61 Å². The lowest BCUT2D eigenvalue weighted by Gasteiger charge is -2.19. The van der Waals surface area contributed by atoms with Crippen LogP contribution in [0.4, 0.5) is 0 Å². The van der Waals surface area contributed by atoms with Gasteiger partial charge >= 0.3 is 5.97 Å². The molecular formula is C22H19ClN2O4. The number of aromatic nitrogens is 1. The molecule has 0 saturated heterocycles. The molecule has 7 heteroatoms. The van der Waals surface area contributed by atoms with Gasteiger partial charge in [0.05, 0.1) is 28.7 Å². The van der Waals surface area contributed by atoms with E-state index in [1.165, 1.54) is 0 Å². The summed E-state index contributed by atoms with van der Waals surface area (Å²) in [5.74, 6) is -1.34. The molecule has 0 aliphatic carbocycles. The maximum absolute atomic E-state index is 12.6. The highest BCUT2D eigenvalue weighted by atomic mass is 35.5. The molecule has 0 radical (unpaired) electrons. The predicted molar refractivity (Wildman–Crippen MR) is 109 cm³/mol. The third-order valence-corrected chi connectivity index (χ3v) is 4.59. The molecule has 0 aliphatic heterocycles. The van der Waals surface area contributed by atoms with Crippen molar-refractivity contribution in [2.24, 2.45) is 0 Å². The van der Waals surface area contributed by atoms with E-state index >= 15 is 0 Å². The zero-order valence-corrected chi connectivity index (χ0v) is 16.2. The molecule has 1 aromatic heterocycles. The van der Waals surface area contributed by atoms with Gasteiger partial charge in [-0.05, 0) is 29.8 Å². The van der Waals surface area contributed by atoms with E-state index in [4.69, 9.17) is 16.3 Å². The van der Waals surface area contributed by atoms with Crippen molar-refractivity contribution in [1.29, 1.82) is 0 Å². The molecule has 29 heavy (non-hydrogen) atoms. The van der Waals surface area contributed by atoms with Crippen LogP contribution in [-0.4, -0.2) is 29.3 Å². The summed E-state index contributed by atoms with van der Waals surface area (Å²) >= 11 is 6.09. The van der Waals surface area contributed by atoms with Gasteiger partial charge in [0.1, 0.15) is 0 Å². The van der Waals surface area contributed by atoms with Crippen LogP contribution in [0.3, 0.4) is 0 Å². The Labute approximate surface area is 172 Å². The van der Waals surface area contributed by atoms with Crippen LogP contribution in [0.15, 0.2) is 72.9 Å². The molecule has 1 heterocycles. The fraction of sp³-hybridized carbons (Fsp3) is 0.136. The van der Waals surface area contributed by atoms with Gasteiger partial charge in [0.25, 0.3) is 5.91 Å². The first-order chi connectivity index (χ1) is 14.0. The largest absolute Gasteiger partial charge is 0.457 e. The number of amides is 1. The third kappa shape index (κ3) is 5.56. The number of ketones is 1. The molecule has 1 amide bonds. The number of halogens is 1.